The fourth-order valence-electron chi connectivity index (χ4n) is 3.58. The lowest BCUT2D eigenvalue weighted by Crippen LogP contribution is -2.36. The summed E-state index contributed by atoms with van der Waals surface area (Å²) in [5.41, 5.74) is 0. The van der Waals surface area contributed by atoms with Crippen LogP contribution in [0, 0.1) is 11.8 Å². The largest absolute Gasteiger partial charge is 0.497 e. The molecule has 1 N–H and O–H groups in total. The van der Waals surface area contributed by atoms with Crippen LogP contribution in [0.15, 0.2) is 24.3 Å². The molecule has 2 aliphatic carbocycles. The summed E-state index contributed by atoms with van der Waals surface area (Å²) < 4.78 is 10.9. The minimum absolute atomic E-state index is 0.736. The number of fused-ring (bicyclic) bond motifs is 2. The van der Waals surface area contributed by atoms with Gasteiger partial charge < -0.3 is 14.8 Å². The SMILES string of the molecule is COc1ccc(OCCNC2CC3CCC2C3)cc1. The van der Waals surface area contributed by atoms with Gasteiger partial charge in [-0.05, 0) is 55.4 Å². The number of hydrogen-bond acceptors (Lipinski definition) is 3. The Morgan fingerprint density at radius 1 is 1.11 bits per heavy atom. The first kappa shape index (κ1) is 12.8. The molecule has 3 atom stereocenters. The Hall–Kier alpha value is -1.22. The van der Waals surface area contributed by atoms with Crippen molar-refractivity contribution < 1.29 is 9.47 Å². The molecule has 2 aliphatic rings. The van der Waals surface area contributed by atoms with Gasteiger partial charge in [-0.3, -0.25) is 0 Å². The molecule has 104 valence electrons. The zero-order valence-corrected chi connectivity index (χ0v) is 11.6. The zero-order valence-electron chi connectivity index (χ0n) is 11.6. The van der Waals surface area contributed by atoms with Crippen LogP contribution in [0.3, 0.4) is 0 Å². The van der Waals surface area contributed by atoms with E-state index in [1.807, 2.05) is 24.3 Å². The summed E-state index contributed by atoms with van der Waals surface area (Å²) in [6, 6.07) is 8.52. The molecule has 1 aromatic rings. The topological polar surface area (TPSA) is 30.5 Å². The second kappa shape index (κ2) is 5.83. The predicted octanol–water partition coefficient (Wildman–Crippen LogP) is 2.85. The Morgan fingerprint density at radius 3 is 2.53 bits per heavy atom. The van der Waals surface area contributed by atoms with Crippen molar-refractivity contribution in [2.75, 3.05) is 20.3 Å². The molecule has 0 heterocycles. The minimum Gasteiger partial charge on any atom is -0.497 e. The van der Waals surface area contributed by atoms with Crippen molar-refractivity contribution in [3.8, 4) is 11.5 Å². The van der Waals surface area contributed by atoms with Crippen LogP contribution < -0.4 is 14.8 Å². The van der Waals surface area contributed by atoms with E-state index in [1.54, 1.807) is 7.11 Å². The number of hydrogen-bond donors (Lipinski definition) is 1. The average molecular weight is 261 g/mol. The van der Waals surface area contributed by atoms with E-state index in [0.29, 0.717) is 0 Å². The normalized spacial score (nSPS) is 28.6. The highest BCUT2D eigenvalue weighted by Crippen LogP contribution is 2.44. The summed E-state index contributed by atoms with van der Waals surface area (Å²) in [7, 11) is 1.68. The van der Waals surface area contributed by atoms with Crippen molar-refractivity contribution in [3.63, 3.8) is 0 Å². The maximum Gasteiger partial charge on any atom is 0.119 e. The number of ether oxygens (including phenoxy) is 2. The minimum atomic E-state index is 0.736. The molecule has 0 amide bonds. The Morgan fingerprint density at radius 2 is 1.89 bits per heavy atom. The van der Waals surface area contributed by atoms with E-state index in [2.05, 4.69) is 5.32 Å². The van der Waals surface area contributed by atoms with Gasteiger partial charge in [-0.1, -0.05) is 6.42 Å². The standard InChI is InChI=1S/C16H23NO2/c1-18-14-4-6-15(7-5-14)19-9-8-17-16-11-12-2-3-13(16)10-12/h4-7,12-13,16-17H,2-3,8-11H2,1H3. The monoisotopic (exact) mass is 261 g/mol. The Bertz CT molecular complexity index is 404. The Kier molecular flexibility index (Phi) is 3.92. The Labute approximate surface area is 115 Å². The van der Waals surface area contributed by atoms with Gasteiger partial charge in [0.25, 0.3) is 0 Å². The van der Waals surface area contributed by atoms with Gasteiger partial charge in [-0.15, -0.1) is 0 Å². The third-order valence-corrected chi connectivity index (χ3v) is 4.57. The Balaban J connectivity index is 1.36. The van der Waals surface area contributed by atoms with E-state index < -0.39 is 0 Å². The fraction of sp³-hybridized carbons (Fsp3) is 0.625. The third-order valence-electron chi connectivity index (χ3n) is 4.57. The molecule has 3 unspecified atom stereocenters. The third kappa shape index (κ3) is 3.03. The molecule has 2 bridgehead atoms. The van der Waals surface area contributed by atoms with Crippen LogP contribution in [0.5, 0.6) is 11.5 Å². The van der Waals surface area contributed by atoms with Crippen LogP contribution in [0.1, 0.15) is 25.7 Å². The highest BCUT2D eigenvalue weighted by Gasteiger charge is 2.38. The lowest BCUT2D eigenvalue weighted by atomic mass is 9.95. The number of methoxy groups -OCH3 is 1. The summed E-state index contributed by atoms with van der Waals surface area (Å²) in [6.45, 7) is 1.68. The van der Waals surface area contributed by atoms with Gasteiger partial charge in [0.1, 0.15) is 18.1 Å². The second-order valence-electron chi connectivity index (χ2n) is 5.76. The van der Waals surface area contributed by atoms with E-state index in [4.69, 9.17) is 9.47 Å². The molecule has 1 aromatic carbocycles. The van der Waals surface area contributed by atoms with Crippen LogP contribution in [-0.2, 0) is 0 Å². The first-order valence-electron chi connectivity index (χ1n) is 7.35. The van der Waals surface area contributed by atoms with Crippen LogP contribution in [0.4, 0.5) is 0 Å². The maximum atomic E-state index is 5.73. The molecule has 0 spiro atoms. The van der Waals surface area contributed by atoms with Crippen LogP contribution >= 0.6 is 0 Å². The number of nitrogens with one attached hydrogen (secondary N) is 1. The van der Waals surface area contributed by atoms with Gasteiger partial charge in [-0.2, -0.15) is 0 Å². The van der Waals surface area contributed by atoms with Crippen LogP contribution in [0.25, 0.3) is 0 Å². The summed E-state index contributed by atoms with van der Waals surface area (Å²) in [4.78, 5) is 0. The van der Waals surface area contributed by atoms with E-state index in [1.165, 1.54) is 25.7 Å². The van der Waals surface area contributed by atoms with E-state index >= 15 is 0 Å². The van der Waals surface area contributed by atoms with E-state index in [-0.39, 0.29) is 0 Å². The molecule has 0 aliphatic heterocycles. The molecule has 0 aromatic heterocycles. The fourth-order valence-corrected chi connectivity index (χ4v) is 3.58. The predicted molar refractivity (Wildman–Crippen MR) is 75.7 cm³/mol. The van der Waals surface area contributed by atoms with Gasteiger partial charge in [0, 0.05) is 12.6 Å². The van der Waals surface area contributed by atoms with E-state index in [0.717, 1.165) is 42.5 Å². The molecule has 2 saturated carbocycles. The van der Waals surface area contributed by atoms with Crippen molar-refractivity contribution in [2.45, 2.75) is 31.7 Å². The van der Waals surface area contributed by atoms with Crippen LogP contribution in [-0.4, -0.2) is 26.3 Å². The lowest BCUT2D eigenvalue weighted by Gasteiger charge is -2.22. The van der Waals surface area contributed by atoms with Crippen molar-refractivity contribution in [1.82, 2.24) is 5.32 Å². The van der Waals surface area contributed by atoms with Gasteiger partial charge in [0.05, 0.1) is 7.11 Å². The first-order chi connectivity index (χ1) is 9.35. The van der Waals surface area contributed by atoms with E-state index in [9.17, 15) is 0 Å². The summed E-state index contributed by atoms with van der Waals surface area (Å²) in [5, 5.41) is 3.66. The quantitative estimate of drug-likeness (QED) is 0.799. The molecule has 19 heavy (non-hydrogen) atoms. The zero-order chi connectivity index (χ0) is 13.1. The van der Waals surface area contributed by atoms with Gasteiger partial charge >= 0.3 is 0 Å². The highest BCUT2D eigenvalue weighted by molar-refractivity contribution is 5.31. The van der Waals surface area contributed by atoms with Crippen molar-refractivity contribution in [3.05, 3.63) is 24.3 Å². The smallest absolute Gasteiger partial charge is 0.119 e. The van der Waals surface area contributed by atoms with Crippen molar-refractivity contribution >= 4 is 0 Å². The summed E-state index contributed by atoms with van der Waals surface area (Å²) >= 11 is 0. The molecular weight excluding hydrogens is 238 g/mol. The molecule has 3 rings (SSSR count). The van der Waals surface area contributed by atoms with Gasteiger partial charge in [-0.25, -0.2) is 0 Å². The average Bonchev–Trinajstić information content (AvgIpc) is 3.07. The molecule has 2 fully saturated rings. The number of rotatable bonds is 6. The lowest BCUT2D eigenvalue weighted by molar-refractivity contribution is 0.282. The second-order valence-corrected chi connectivity index (χ2v) is 5.76. The molecule has 3 heteroatoms. The van der Waals surface area contributed by atoms with Crippen LogP contribution in [0.2, 0.25) is 0 Å². The molecule has 0 radical (unpaired) electrons. The van der Waals surface area contributed by atoms with Gasteiger partial charge in [0.15, 0.2) is 0 Å². The van der Waals surface area contributed by atoms with Gasteiger partial charge in [0.2, 0.25) is 0 Å². The van der Waals surface area contributed by atoms with Crippen molar-refractivity contribution in [1.29, 1.82) is 0 Å². The maximum absolute atomic E-state index is 5.73. The summed E-state index contributed by atoms with van der Waals surface area (Å²) in [5.74, 6) is 3.72. The van der Waals surface area contributed by atoms with Crippen molar-refractivity contribution in [2.24, 2.45) is 11.8 Å². The highest BCUT2D eigenvalue weighted by atomic mass is 16.5. The first-order valence-corrected chi connectivity index (χ1v) is 7.35. The summed E-state index contributed by atoms with van der Waals surface area (Å²) in [6.07, 6.45) is 5.73. The molecule has 3 nitrogen and oxygen atoms in total. The molecular formula is C16H23NO2. The number of benzene rings is 1. The molecule has 0 saturated heterocycles.